The largest absolute Gasteiger partial charge is 0.389 e. The van der Waals surface area contributed by atoms with Crippen LogP contribution in [0.2, 0.25) is 0 Å². The van der Waals surface area contributed by atoms with Crippen LogP contribution in [0.3, 0.4) is 0 Å². The predicted octanol–water partition coefficient (Wildman–Crippen LogP) is 3.63. The van der Waals surface area contributed by atoms with Gasteiger partial charge in [0.1, 0.15) is 5.82 Å². The van der Waals surface area contributed by atoms with Gasteiger partial charge in [-0.15, -0.1) is 0 Å². The lowest BCUT2D eigenvalue weighted by atomic mass is 10.0. The van der Waals surface area contributed by atoms with Crippen molar-refractivity contribution in [1.82, 2.24) is 4.72 Å². The molecule has 0 aromatic heterocycles. The standard InChI is InChI=1S/C22H23FN2O3S/c1-16-7-13-20(14-8-16)29(27,28)24-15-21(26)22(17-5-3-2-4-6-17)25-19-11-9-18(23)10-12-19/h2-14,21-22,24-26H,15H2,1H3. The van der Waals surface area contributed by atoms with Crippen LogP contribution in [0, 0.1) is 12.7 Å². The van der Waals surface area contributed by atoms with Gasteiger partial charge in [-0.3, -0.25) is 0 Å². The minimum atomic E-state index is -3.75. The summed E-state index contributed by atoms with van der Waals surface area (Å²) in [5, 5.41) is 13.9. The number of sulfonamides is 1. The number of halogens is 1. The van der Waals surface area contributed by atoms with Gasteiger partial charge >= 0.3 is 0 Å². The summed E-state index contributed by atoms with van der Waals surface area (Å²) in [7, 11) is -3.75. The molecule has 2 atom stereocenters. The summed E-state index contributed by atoms with van der Waals surface area (Å²) in [5.74, 6) is -0.363. The molecule has 3 aromatic rings. The molecule has 0 radical (unpaired) electrons. The van der Waals surface area contributed by atoms with Crippen molar-refractivity contribution < 1.29 is 17.9 Å². The Hall–Kier alpha value is -2.74. The van der Waals surface area contributed by atoms with E-state index in [2.05, 4.69) is 10.0 Å². The van der Waals surface area contributed by atoms with E-state index in [0.29, 0.717) is 5.69 Å². The molecule has 0 saturated carbocycles. The Balaban J connectivity index is 1.76. The molecule has 0 spiro atoms. The van der Waals surface area contributed by atoms with E-state index < -0.39 is 22.2 Å². The number of aliphatic hydroxyl groups excluding tert-OH is 1. The average Bonchev–Trinajstić information content (AvgIpc) is 2.72. The van der Waals surface area contributed by atoms with Crippen molar-refractivity contribution in [1.29, 1.82) is 0 Å². The van der Waals surface area contributed by atoms with Crippen molar-refractivity contribution in [3.05, 3.63) is 95.8 Å². The fourth-order valence-electron chi connectivity index (χ4n) is 2.90. The molecule has 5 nitrogen and oxygen atoms in total. The minimum absolute atomic E-state index is 0.137. The Morgan fingerprint density at radius 3 is 2.17 bits per heavy atom. The maximum absolute atomic E-state index is 13.2. The second-order valence-electron chi connectivity index (χ2n) is 6.77. The molecule has 0 aliphatic carbocycles. The first kappa shape index (κ1) is 21.0. The van der Waals surface area contributed by atoms with Gasteiger partial charge in [0.05, 0.1) is 17.0 Å². The summed E-state index contributed by atoms with van der Waals surface area (Å²) >= 11 is 0. The fourth-order valence-corrected chi connectivity index (χ4v) is 3.95. The van der Waals surface area contributed by atoms with E-state index in [0.717, 1.165) is 11.1 Å². The van der Waals surface area contributed by atoms with E-state index in [4.69, 9.17) is 0 Å². The van der Waals surface area contributed by atoms with Gasteiger partial charge in [-0.05, 0) is 48.9 Å². The monoisotopic (exact) mass is 414 g/mol. The molecule has 0 aliphatic heterocycles. The molecule has 7 heteroatoms. The van der Waals surface area contributed by atoms with Crippen molar-refractivity contribution in [2.24, 2.45) is 0 Å². The van der Waals surface area contributed by atoms with Gasteiger partial charge in [0.25, 0.3) is 0 Å². The Labute approximate surface area is 170 Å². The number of anilines is 1. The van der Waals surface area contributed by atoms with Crippen LogP contribution in [0.4, 0.5) is 10.1 Å². The van der Waals surface area contributed by atoms with Crippen molar-refractivity contribution in [2.75, 3.05) is 11.9 Å². The van der Waals surface area contributed by atoms with Gasteiger partial charge in [0.15, 0.2) is 0 Å². The molecule has 0 bridgehead atoms. The highest BCUT2D eigenvalue weighted by molar-refractivity contribution is 7.89. The van der Waals surface area contributed by atoms with E-state index in [9.17, 15) is 17.9 Å². The van der Waals surface area contributed by atoms with E-state index in [1.807, 2.05) is 37.3 Å². The Bertz CT molecular complexity index is 1020. The normalized spacial score (nSPS) is 13.6. The summed E-state index contributed by atoms with van der Waals surface area (Å²) < 4.78 is 40.7. The van der Waals surface area contributed by atoms with Crippen molar-refractivity contribution in [2.45, 2.75) is 24.0 Å². The van der Waals surface area contributed by atoms with Crippen LogP contribution in [0.5, 0.6) is 0 Å². The predicted molar refractivity (Wildman–Crippen MR) is 112 cm³/mol. The van der Waals surface area contributed by atoms with Crippen LogP contribution >= 0.6 is 0 Å². The molecule has 0 heterocycles. The van der Waals surface area contributed by atoms with E-state index in [-0.39, 0.29) is 17.3 Å². The number of aliphatic hydroxyl groups is 1. The molecular weight excluding hydrogens is 391 g/mol. The third-order valence-electron chi connectivity index (χ3n) is 4.52. The van der Waals surface area contributed by atoms with Gasteiger partial charge in [0, 0.05) is 12.2 Å². The number of aryl methyl sites for hydroxylation is 1. The summed E-state index contributed by atoms with van der Waals surface area (Å²) in [4.78, 5) is 0.137. The molecule has 3 rings (SSSR count). The van der Waals surface area contributed by atoms with Crippen molar-refractivity contribution in [3.8, 4) is 0 Å². The van der Waals surface area contributed by atoms with Gasteiger partial charge in [-0.2, -0.15) is 0 Å². The zero-order chi connectivity index (χ0) is 20.9. The van der Waals surface area contributed by atoms with Crippen LogP contribution in [0.1, 0.15) is 17.2 Å². The number of hydrogen-bond donors (Lipinski definition) is 3. The number of benzene rings is 3. The maximum Gasteiger partial charge on any atom is 0.240 e. The van der Waals surface area contributed by atoms with Crippen LogP contribution in [0.15, 0.2) is 83.8 Å². The zero-order valence-electron chi connectivity index (χ0n) is 15.9. The lowest BCUT2D eigenvalue weighted by molar-refractivity contribution is 0.156. The van der Waals surface area contributed by atoms with Crippen LogP contribution in [-0.2, 0) is 10.0 Å². The van der Waals surface area contributed by atoms with E-state index in [1.165, 1.54) is 24.3 Å². The first-order valence-corrected chi connectivity index (χ1v) is 10.6. The molecule has 3 aromatic carbocycles. The first-order chi connectivity index (χ1) is 13.8. The molecule has 0 aliphatic rings. The second kappa shape index (κ2) is 9.17. The van der Waals surface area contributed by atoms with Crippen molar-refractivity contribution >= 4 is 15.7 Å². The molecule has 2 unspecified atom stereocenters. The molecule has 0 amide bonds. The minimum Gasteiger partial charge on any atom is -0.389 e. The molecule has 0 saturated heterocycles. The highest BCUT2D eigenvalue weighted by Gasteiger charge is 2.24. The smallest absolute Gasteiger partial charge is 0.240 e. The Morgan fingerprint density at radius 2 is 1.55 bits per heavy atom. The summed E-state index contributed by atoms with van der Waals surface area (Å²) in [6.07, 6.45) is -1.07. The Kier molecular flexibility index (Phi) is 6.64. The van der Waals surface area contributed by atoms with Gasteiger partial charge < -0.3 is 10.4 Å². The number of hydrogen-bond acceptors (Lipinski definition) is 4. The third-order valence-corrected chi connectivity index (χ3v) is 5.96. The Morgan fingerprint density at radius 1 is 0.931 bits per heavy atom. The quantitative estimate of drug-likeness (QED) is 0.526. The number of nitrogens with one attached hydrogen (secondary N) is 2. The number of rotatable bonds is 8. The van der Waals surface area contributed by atoms with Gasteiger partial charge in [0.2, 0.25) is 10.0 Å². The zero-order valence-corrected chi connectivity index (χ0v) is 16.7. The van der Waals surface area contributed by atoms with Crippen LogP contribution < -0.4 is 10.0 Å². The topological polar surface area (TPSA) is 78.4 Å². The summed E-state index contributed by atoms with van der Waals surface area (Å²) in [5.41, 5.74) is 2.34. The van der Waals surface area contributed by atoms with E-state index >= 15 is 0 Å². The maximum atomic E-state index is 13.2. The summed E-state index contributed by atoms with van der Waals surface area (Å²) in [6.45, 7) is 1.68. The summed E-state index contributed by atoms with van der Waals surface area (Å²) in [6, 6.07) is 20.8. The highest BCUT2D eigenvalue weighted by Crippen LogP contribution is 2.23. The lowest BCUT2D eigenvalue weighted by Crippen LogP contribution is -2.38. The van der Waals surface area contributed by atoms with E-state index in [1.54, 1.807) is 24.3 Å². The molecule has 3 N–H and O–H groups in total. The average molecular weight is 415 g/mol. The molecule has 29 heavy (non-hydrogen) atoms. The van der Waals surface area contributed by atoms with Crippen LogP contribution in [0.25, 0.3) is 0 Å². The molecule has 0 fully saturated rings. The highest BCUT2D eigenvalue weighted by atomic mass is 32.2. The lowest BCUT2D eigenvalue weighted by Gasteiger charge is -2.26. The molecular formula is C22H23FN2O3S. The molecule has 152 valence electrons. The first-order valence-electron chi connectivity index (χ1n) is 9.16. The van der Waals surface area contributed by atoms with Crippen LogP contribution in [-0.4, -0.2) is 26.2 Å². The SMILES string of the molecule is Cc1ccc(S(=O)(=O)NCC(O)C(Nc2ccc(F)cc2)c2ccccc2)cc1. The van der Waals surface area contributed by atoms with Crippen molar-refractivity contribution in [3.63, 3.8) is 0 Å². The van der Waals surface area contributed by atoms with Gasteiger partial charge in [-0.1, -0.05) is 48.0 Å². The second-order valence-corrected chi connectivity index (χ2v) is 8.54. The third kappa shape index (κ3) is 5.63. The fraction of sp³-hybridized carbons (Fsp3) is 0.182. The van der Waals surface area contributed by atoms with Gasteiger partial charge in [-0.25, -0.2) is 17.5 Å².